The number of ether oxygens (including phenoxy) is 1. The number of rotatable bonds is 7. The van der Waals surface area contributed by atoms with Gasteiger partial charge in [0, 0.05) is 16.8 Å². The van der Waals surface area contributed by atoms with Crippen molar-refractivity contribution in [2.45, 2.75) is 5.16 Å². The van der Waals surface area contributed by atoms with Gasteiger partial charge in [0.05, 0.1) is 24.3 Å². The zero-order valence-electron chi connectivity index (χ0n) is 17.0. The minimum Gasteiger partial charge on any atom is -0.497 e. The number of imidazole rings is 1. The first-order valence-electron chi connectivity index (χ1n) is 9.71. The standard InChI is InChI=1S/C24H22N4O2S/c1-30-20-14-12-19(13-15-20)28-23(18-10-6-3-7-11-18)22(17-8-4-2-5-9-17)26-24(28)31-16-21(29)27-25/h2-15H,16,25H2,1H3,(H,27,29). The smallest absolute Gasteiger partial charge is 0.244 e. The van der Waals surface area contributed by atoms with Crippen LogP contribution in [0.25, 0.3) is 28.2 Å². The maximum atomic E-state index is 11.8. The number of hydrogen-bond donors (Lipinski definition) is 2. The number of nitrogens with zero attached hydrogens (tertiary/aromatic N) is 2. The largest absolute Gasteiger partial charge is 0.497 e. The molecule has 3 aromatic carbocycles. The molecule has 0 radical (unpaired) electrons. The molecule has 3 N–H and O–H groups in total. The highest BCUT2D eigenvalue weighted by Gasteiger charge is 2.22. The van der Waals surface area contributed by atoms with E-state index in [2.05, 4.69) is 22.1 Å². The summed E-state index contributed by atoms with van der Waals surface area (Å²) in [6, 6.07) is 27.9. The van der Waals surface area contributed by atoms with Gasteiger partial charge in [-0.25, -0.2) is 10.8 Å². The lowest BCUT2D eigenvalue weighted by Crippen LogP contribution is -2.31. The van der Waals surface area contributed by atoms with Crippen molar-refractivity contribution in [1.82, 2.24) is 15.0 Å². The highest BCUT2D eigenvalue weighted by Crippen LogP contribution is 2.38. The molecule has 156 valence electrons. The Labute approximate surface area is 185 Å². The SMILES string of the molecule is COc1ccc(-n2c(SCC(=O)NN)nc(-c3ccccc3)c2-c2ccccc2)cc1. The van der Waals surface area contributed by atoms with Crippen molar-refractivity contribution in [2.75, 3.05) is 12.9 Å². The number of amides is 1. The predicted octanol–water partition coefficient (Wildman–Crippen LogP) is 4.30. The van der Waals surface area contributed by atoms with Gasteiger partial charge in [0.15, 0.2) is 5.16 Å². The number of methoxy groups -OCH3 is 1. The van der Waals surface area contributed by atoms with Crippen molar-refractivity contribution in [3.63, 3.8) is 0 Å². The van der Waals surface area contributed by atoms with Crippen molar-refractivity contribution < 1.29 is 9.53 Å². The third-order valence-electron chi connectivity index (χ3n) is 4.77. The van der Waals surface area contributed by atoms with Crippen LogP contribution < -0.4 is 16.0 Å². The molecule has 7 heteroatoms. The molecule has 0 fully saturated rings. The number of nitrogens with one attached hydrogen (secondary N) is 1. The summed E-state index contributed by atoms with van der Waals surface area (Å²) < 4.78 is 7.40. The molecule has 0 saturated carbocycles. The molecule has 1 heterocycles. The number of nitrogens with two attached hydrogens (primary N) is 1. The molecule has 0 aliphatic rings. The molecule has 4 aromatic rings. The number of carbonyl (C=O) groups is 1. The van der Waals surface area contributed by atoms with Crippen LogP contribution in [0, 0.1) is 0 Å². The molecule has 1 amide bonds. The summed E-state index contributed by atoms with van der Waals surface area (Å²) >= 11 is 1.34. The second-order valence-corrected chi connectivity index (χ2v) is 7.66. The van der Waals surface area contributed by atoms with Gasteiger partial charge in [-0.1, -0.05) is 72.4 Å². The fourth-order valence-corrected chi connectivity index (χ4v) is 4.12. The lowest BCUT2D eigenvalue weighted by Gasteiger charge is -2.13. The molecule has 31 heavy (non-hydrogen) atoms. The minimum absolute atomic E-state index is 0.159. The zero-order chi connectivity index (χ0) is 21.6. The Morgan fingerprint density at radius 1 is 0.968 bits per heavy atom. The van der Waals surface area contributed by atoms with Gasteiger partial charge in [-0.3, -0.25) is 14.8 Å². The average molecular weight is 431 g/mol. The van der Waals surface area contributed by atoms with E-state index in [4.69, 9.17) is 15.6 Å². The minimum atomic E-state index is -0.267. The van der Waals surface area contributed by atoms with E-state index in [1.807, 2.05) is 72.8 Å². The summed E-state index contributed by atoms with van der Waals surface area (Å²) in [7, 11) is 1.64. The molecule has 6 nitrogen and oxygen atoms in total. The number of aromatic nitrogens is 2. The van der Waals surface area contributed by atoms with E-state index in [0.29, 0.717) is 5.16 Å². The highest BCUT2D eigenvalue weighted by atomic mass is 32.2. The summed E-state index contributed by atoms with van der Waals surface area (Å²) in [5.41, 5.74) is 6.93. The van der Waals surface area contributed by atoms with E-state index in [1.165, 1.54) is 11.8 Å². The maximum absolute atomic E-state index is 11.8. The van der Waals surface area contributed by atoms with E-state index < -0.39 is 0 Å². The van der Waals surface area contributed by atoms with Gasteiger partial charge in [0.25, 0.3) is 0 Å². The van der Waals surface area contributed by atoms with Crippen LogP contribution >= 0.6 is 11.8 Å². The first kappa shape index (κ1) is 20.7. The molecular weight excluding hydrogens is 408 g/mol. The molecule has 0 aliphatic heterocycles. The molecule has 0 aliphatic carbocycles. The quantitative estimate of drug-likeness (QED) is 0.198. The van der Waals surface area contributed by atoms with Crippen LogP contribution in [0.1, 0.15) is 0 Å². The predicted molar refractivity (Wildman–Crippen MR) is 124 cm³/mol. The maximum Gasteiger partial charge on any atom is 0.244 e. The summed E-state index contributed by atoms with van der Waals surface area (Å²) in [5.74, 6) is 5.94. The Kier molecular flexibility index (Phi) is 6.35. The number of hydrogen-bond acceptors (Lipinski definition) is 5. The van der Waals surface area contributed by atoms with Gasteiger partial charge in [-0.15, -0.1) is 0 Å². The van der Waals surface area contributed by atoms with Crippen LogP contribution in [0.2, 0.25) is 0 Å². The normalized spacial score (nSPS) is 10.6. The number of carbonyl (C=O) groups excluding carboxylic acids is 1. The molecule has 0 saturated heterocycles. The molecular formula is C24H22N4O2S. The first-order valence-corrected chi connectivity index (χ1v) is 10.7. The van der Waals surface area contributed by atoms with Crippen molar-refractivity contribution in [3.8, 4) is 34.0 Å². The molecule has 0 spiro atoms. The number of benzene rings is 3. The van der Waals surface area contributed by atoms with E-state index in [1.54, 1.807) is 7.11 Å². The lowest BCUT2D eigenvalue weighted by atomic mass is 10.0. The van der Waals surface area contributed by atoms with E-state index in [0.717, 1.165) is 34.0 Å². The summed E-state index contributed by atoms with van der Waals surface area (Å²) in [4.78, 5) is 16.8. The van der Waals surface area contributed by atoms with Crippen LogP contribution in [-0.2, 0) is 4.79 Å². The van der Waals surface area contributed by atoms with Crippen molar-refractivity contribution in [1.29, 1.82) is 0 Å². The van der Waals surface area contributed by atoms with Gasteiger partial charge in [0.2, 0.25) is 5.91 Å². The van der Waals surface area contributed by atoms with Crippen molar-refractivity contribution in [3.05, 3.63) is 84.9 Å². The van der Waals surface area contributed by atoms with Crippen LogP contribution in [0.3, 0.4) is 0 Å². The van der Waals surface area contributed by atoms with Crippen LogP contribution in [0.4, 0.5) is 0 Å². The van der Waals surface area contributed by atoms with E-state index in [-0.39, 0.29) is 11.7 Å². The number of hydrazine groups is 1. The third kappa shape index (κ3) is 4.47. The Hall–Kier alpha value is -3.55. The monoisotopic (exact) mass is 430 g/mol. The lowest BCUT2D eigenvalue weighted by molar-refractivity contribution is -0.118. The van der Waals surface area contributed by atoms with Crippen LogP contribution in [0.15, 0.2) is 90.1 Å². The molecule has 0 atom stereocenters. The zero-order valence-corrected chi connectivity index (χ0v) is 17.8. The van der Waals surface area contributed by atoms with Gasteiger partial charge in [-0.05, 0) is 24.3 Å². The summed E-state index contributed by atoms with van der Waals surface area (Å²) in [6.07, 6.45) is 0. The average Bonchev–Trinajstić information content (AvgIpc) is 3.23. The summed E-state index contributed by atoms with van der Waals surface area (Å²) in [6.45, 7) is 0. The Balaban J connectivity index is 1.95. The molecule has 1 aromatic heterocycles. The second-order valence-electron chi connectivity index (χ2n) is 6.71. The fourth-order valence-electron chi connectivity index (χ4n) is 3.30. The van der Waals surface area contributed by atoms with Crippen molar-refractivity contribution in [2.24, 2.45) is 5.84 Å². The second kappa shape index (κ2) is 9.51. The summed E-state index contributed by atoms with van der Waals surface area (Å²) in [5, 5.41) is 0.700. The molecule has 0 bridgehead atoms. The van der Waals surface area contributed by atoms with E-state index in [9.17, 15) is 4.79 Å². The van der Waals surface area contributed by atoms with Gasteiger partial charge >= 0.3 is 0 Å². The Morgan fingerprint density at radius 2 is 1.58 bits per heavy atom. The number of thioether (sulfide) groups is 1. The Morgan fingerprint density at radius 3 is 2.16 bits per heavy atom. The molecule has 0 unspecified atom stereocenters. The van der Waals surface area contributed by atoms with Gasteiger partial charge in [0.1, 0.15) is 5.75 Å². The molecule has 4 rings (SSSR count). The van der Waals surface area contributed by atoms with Gasteiger partial charge in [-0.2, -0.15) is 0 Å². The van der Waals surface area contributed by atoms with Crippen LogP contribution in [-0.4, -0.2) is 28.3 Å². The van der Waals surface area contributed by atoms with E-state index >= 15 is 0 Å². The third-order valence-corrected chi connectivity index (χ3v) is 5.70. The van der Waals surface area contributed by atoms with Gasteiger partial charge < -0.3 is 4.74 Å². The fraction of sp³-hybridized carbons (Fsp3) is 0.0833. The highest BCUT2D eigenvalue weighted by molar-refractivity contribution is 7.99. The first-order chi connectivity index (χ1) is 15.2. The topological polar surface area (TPSA) is 82.2 Å². The van der Waals surface area contributed by atoms with Crippen LogP contribution in [0.5, 0.6) is 5.75 Å². The Bertz CT molecular complexity index is 1160. The van der Waals surface area contributed by atoms with Crippen molar-refractivity contribution >= 4 is 17.7 Å².